The number of non-ortho nitro benzene ring substituents is 1. The standard InChI is InChI=1S/C22H21N9O3/c23-22-26-20-17(21-25-19(27-30(21)22)18-2-1-11-34-18)13-24-29(20)10-9-28-7-5-14-3-4-16(31(32)33)12-15(14)6-8-28/h1-4,11-13H,5-10H2,(H2,23,26). The molecule has 12 nitrogen and oxygen atoms in total. The van der Waals surface area contributed by atoms with E-state index in [-0.39, 0.29) is 16.6 Å². The third kappa shape index (κ3) is 3.44. The van der Waals surface area contributed by atoms with Gasteiger partial charge in [0, 0.05) is 31.8 Å². The SMILES string of the molecule is Nc1nc2c(cnn2CCN2CCc3ccc([N+](=O)[O-])cc3CC2)c2nc(-c3ccco3)nn12. The lowest BCUT2D eigenvalue weighted by Crippen LogP contribution is -2.30. The fourth-order valence-corrected chi connectivity index (χ4v) is 4.46. The molecule has 172 valence electrons. The van der Waals surface area contributed by atoms with E-state index in [0.717, 1.165) is 43.4 Å². The van der Waals surface area contributed by atoms with Crippen molar-refractivity contribution < 1.29 is 9.34 Å². The maximum absolute atomic E-state index is 11.1. The smallest absolute Gasteiger partial charge is 0.269 e. The zero-order valence-electron chi connectivity index (χ0n) is 18.2. The molecule has 1 aromatic carbocycles. The average Bonchev–Trinajstić information content (AvgIpc) is 3.56. The monoisotopic (exact) mass is 459 g/mol. The average molecular weight is 459 g/mol. The second-order valence-corrected chi connectivity index (χ2v) is 8.27. The molecule has 0 saturated heterocycles. The first-order valence-corrected chi connectivity index (χ1v) is 11.0. The van der Waals surface area contributed by atoms with Crippen LogP contribution in [0.2, 0.25) is 0 Å². The molecule has 0 fully saturated rings. The normalized spacial score (nSPS) is 14.5. The molecule has 1 aliphatic heterocycles. The molecule has 0 atom stereocenters. The van der Waals surface area contributed by atoms with Crippen molar-refractivity contribution in [3.63, 3.8) is 0 Å². The van der Waals surface area contributed by atoms with Crippen LogP contribution in [0.15, 0.2) is 47.2 Å². The first-order chi connectivity index (χ1) is 16.6. The van der Waals surface area contributed by atoms with Crippen LogP contribution in [0.4, 0.5) is 11.6 Å². The van der Waals surface area contributed by atoms with E-state index in [1.54, 1.807) is 36.7 Å². The summed E-state index contributed by atoms with van der Waals surface area (Å²) in [5.74, 6) is 1.21. The van der Waals surface area contributed by atoms with E-state index in [2.05, 4.69) is 25.1 Å². The van der Waals surface area contributed by atoms with E-state index < -0.39 is 0 Å². The van der Waals surface area contributed by atoms with E-state index in [4.69, 9.17) is 10.2 Å². The summed E-state index contributed by atoms with van der Waals surface area (Å²) in [6.07, 6.45) is 4.93. The Balaban J connectivity index is 1.22. The number of hydrogen-bond acceptors (Lipinski definition) is 9. The van der Waals surface area contributed by atoms with Gasteiger partial charge in [-0.15, -0.1) is 5.10 Å². The molecule has 0 unspecified atom stereocenters. The Morgan fingerprint density at radius 3 is 2.74 bits per heavy atom. The van der Waals surface area contributed by atoms with Crippen LogP contribution >= 0.6 is 0 Å². The molecule has 5 aromatic rings. The van der Waals surface area contributed by atoms with Crippen LogP contribution in [-0.2, 0) is 19.4 Å². The predicted octanol–water partition coefficient (Wildman–Crippen LogP) is 2.33. The number of nitrogen functional groups attached to an aromatic ring is 1. The van der Waals surface area contributed by atoms with E-state index in [9.17, 15) is 10.1 Å². The van der Waals surface area contributed by atoms with Gasteiger partial charge in [0.15, 0.2) is 17.1 Å². The van der Waals surface area contributed by atoms with Crippen LogP contribution in [0.5, 0.6) is 0 Å². The summed E-state index contributed by atoms with van der Waals surface area (Å²) in [7, 11) is 0. The van der Waals surface area contributed by atoms with Gasteiger partial charge in [0.1, 0.15) is 0 Å². The maximum atomic E-state index is 11.1. The van der Waals surface area contributed by atoms with Crippen LogP contribution in [0.3, 0.4) is 0 Å². The number of nitro benzene ring substituents is 1. The Bertz CT molecular complexity index is 1520. The molecule has 12 heteroatoms. The molecule has 5 heterocycles. The maximum Gasteiger partial charge on any atom is 0.269 e. The molecular formula is C22H21N9O3. The third-order valence-corrected chi connectivity index (χ3v) is 6.26. The molecular weight excluding hydrogens is 438 g/mol. The summed E-state index contributed by atoms with van der Waals surface area (Å²) >= 11 is 0. The molecule has 0 radical (unpaired) electrons. The van der Waals surface area contributed by atoms with E-state index in [1.807, 2.05) is 10.7 Å². The van der Waals surface area contributed by atoms with Crippen LogP contribution < -0.4 is 5.73 Å². The third-order valence-electron chi connectivity index (χ3n) is 6.26. The van der Waals surface area contributed by atoms with Gasteiger partial charge in [-0.3, -0.25) is 10.1 Å². The largest absolute Gasteiger partial charge is 0.461 e. The lowest BCUT2D eigenvalue weighted by Gasteiger charge is -2.19. The molecule has 34 heavy (non-hydrogen) atoms. The van der Waals surface area contributed by atoms with Crippen molar-refractivity contribution in [2.75, 3.05) is 25.4 Å². The molecule has 4 aromatic heterocycles. The molecule has 2 N–H and O–H groups in total. The van der Waals surface area contributed by atoms with Gasteiger partial charge in [0.05, 0.1) is 29.3 Å². The fraction of sp³-hybridized carbons (Fsp3) is 0.273. The molecule has 0 spiro atoms. The van der Waals surface area contributed by atoms with Crippen molar-refractivity contribution in [1.82, 2.24) is 34.3 Å². The van der Waals surface area contributed by atoms with Gasteiger partial charge in [0.25, 0.3) is 5.69 Å². The number of fused-ring (bicyclic) bond motifs is 4. The van der Waals surface area contributed by atoms with Crippen molar-refractivity contribution in [2.45, 2.75) is 19.4 Å². The fourth-order valence-electron chi connectivity index (χ4n) is 4.46. The summed E-state index contributed by atoms with van der Waals surface area (Å²) < 4.78 is 8.73. The number of aromatic nitrogens is 6. The molecule has 0 saturated carbocycles. The summed E-state index contributed by atoms with van der Waals surface area (Å²) in [5.41, 5.74) is 9.78. The van der Waals surface area contributed by atoms with E-state index in [0.29, 0.717) is 29.4 Å². The van der Waals surface area contributed by atoms with Crippen LogP contribution in [0, 0.1) is 10.1 Å². The predicted molar refractivity (Wildman–Crippen MR) is 123 cm³/mol. The van der Waals surface area contributed by atoms with Crippen molar-refractivity contribution >= 4 is 28.3 Å². The lowest BCUT2D eigenvalue weighted by atomic mass is 10.0. The highest BCUT2D eigenvalue weighted by atomic mass is 16.6. The molecule has 0 amide bonds. The second kappa shape index (κ2) is 7.92. The number of anilines is 1. The van der Waals surface area contributed by atoms with Crippen molar-refractivity contribution in [2.24, 2.45) is 0 Å². The first kappa shape index (κ1) is 20.3. The van der Waals surface area contributed by atoms with Gasteiger partial charge >= 0.3 is 0 Å². The highest BCUT2D eigenvalue weighted by Crippen LogP contribution is 2.24. The Kier molecular flexibility index (Phi) is 4.73. The Labute approximate surface area is 192 Å². The number of hydrogen-bond donors (Lipinski definition) is 1. The van der Waals surface area contributed by atoms with Crippen LogP contribution in [-0.4, -0.2) is 58.8 Å². The minimum absolute atomic E-state index is 0.147. The van der Waals surface area contributed by atoms with Crippen LogP contribution in [0.25, 0.3) is 28.3 Å². The number of rotatable bonds is 5. The van der Waals surface area contributed by atoms with E-state index >= 15 is 0 Å². The van der Waals surface area contributed by atoms with Crippen molar-refractivity contribution in [3.8, 4) is 11.6 Å². The quantitative estimate of drug-likeness (QED) is 0.309. The van der Waals surface area contributed by atoms with Gasteiger partial charge in [-0.1, -0.05) is 6.07 Å². The Hall–Kier alpha value is -4.32. The molecule has 1 aliphatic rings. The topological polar surface area (TPSA) is 146 Å². The van der Waals surface area contributed by atoms with Gasteiger partial charge in [0.2, 0.25) is 11.8 Å². The van der Waals surface area contributed by atoms with Gasteiger partial charge < -0.3 is 15.1 Å². The highest BCUT2D eigenvalue weighted by molar-refractivity contribution is 5.90. The highest BCUT2D eigenvalue weighted by Gasteiger charge is 2.20. The lowest BCUT2D eigenvalue weighted by molar-refractivity contribution is -0.384. The Morgan fingerprint density at radius 1 is 1.09 bits per heavy atom. The Morgan fingerprint density at radius 2 is 1.94 bits per heavy atom. The first-order valence-electron chi connectivity index (χ1n) is 11.0. The van der Waals surface area contributed by atoms with Gasteiger partial charge in [-0.05, 0) is 36.1 Å². The minimum atomic E-state index is -0.339. The van der Waals surface area contributed by atoms with E-state index in [1.165, 1.54) is 10.1 Å². The summed E-state index contributed by atoms with van der Waals surface area (Å²) in [4.78, 5) is 22.2. The number of nitrogens with two attached hydrogens (primary N) is 1. The van der Waals surface area contributed by atoms with Gasteiger partial charge in [-0.2, -0.15) is 14.6 Å². The number of nitro groups is 1. The summed E-state index contributed by atoms with van der Waals surface area (Å²) in [6.45, 7) is 3.09. The van der Waals surface area contributed by atoms with Crippen molar-refractivity contribution in [3.05, 3.63) is 64.0 Å². The zero-order chi connectivity index (χ0) is 23.2. The van der Waals surface area contributed by atoms with Gasteiger partial charge in [-0.25, -0.2) is 9.67 Å². The zero-order valence-corrected chi connectivity index (χ0v) is 18.2. The van der Waals surface area contributed by atoms with Crippen molar-refractivity contribution in [1.29, 1.82) is 0 Å². The number of furan rings is 1. The second-order valence-electron chi connectivity index (χ2n) is 8.27. The summed E-state index contributed by atoms with van der Waals surface area (Å²) in [6, 6.07) is 8.73. The molecule has 0 aliphatic carbocycles. The van der Waals surface area contributed by atoms with Crippen LogP contribution in [0.1, 0.15) is 11.1 Å². The number of benzene rings is 1. The minimum Gasteiger partial charge on any atom is -0.461 e. The molecule has 6 rings (SSSR count). The molecule has 0 bridgehead atoms. The summed E-state index contributed by atoms with van der Waals surface area (Å²) in [5, 5.41) is 20.8. The number of nitrogens with zero attached hydrogens (tertiary/aromatic N) is 8.